The van der Waals surface area contributed by atoms with Crippen molar-refractivity contribution in [3.05, 3.63) is 53.5 Å². The van der Waals surface area contributed by atoms with Gasteiger partial charge in [-0.25, -0.2) is 19.6 Å². The van der Waals surface area contributed by atoms with Gasteiger partial charge in [0.25, 0.3) is 0 Å². The molecule has 2 fully saturated rings. The van der Waals surface area contributed by atoms with Crippen LogP contribution in [0.15, 0.2) is 36.7 Å². The predicted molar refractivity (Wildman–Crippen MR) is 173 cm³/mol. The highest BCUT2D eigenvalue weighted by atomic mass is 16.6. The van der Waals surface area contributed by atoms with Crippen molar-refractivity contribution in [1.29, 1.82) is 5.26 Å². The Morgan fingerprint density at radius 1 is 1.11 bits per heavy atom. The van der Waals surface area contributed by atoms with Gasteiger partial charge in [-0.1, -0.05) is 30.3 Å². The number of anilines is 1. The van der Waals surface area contributed by atoms with Gasteiger partial charge in [-0.05, 0) is 59.7 Å². The largest absolute Gasteiger partial charge is 0.445 e. The molecule has 2 saturated heterocycles. The van der Waals surface area contributed by atoms with Crippen molar-refractivity contribution in [2.45, 2.75) is 83.3 Å². The fourth-order valence-electron chi connectivity index (χ4n) is 6.67. The summed E-state index contributed by atoms with van der Waals surface area (Å²) in [7, 11) is 4.18. The molecule has 0 radical (unpaired) electrons. The highest BCUT2D eigenvalue weighted by molar-refractivity contribution is 5.91. The van der Waals surface area contributed by atoms with E-state index in [2.05, 4.69) is 34.5 Å². The van der Waals surface area contributed by atoms with Gasteiger partial charge in [0, 0.05) is 49.9 Å². The monoisotopic (exact) mass is 628 g/mol. The molecule has 12 nitrogen and oxygen atoms in total. The lowest BCUT2D eigenvalue weighted by molar-refractivity contribution is 0.00615. The molecule has 0 aliphatic carbocycles. The van der Waals surface area contributed by atoms with Crippen molar-refractivity contribution in [2.24, 2.45) is 0 Å². The summed E-state index contributed by atoms with van der Waals surface area (Å²) in [5.41, 5.74) is 4.19. The lowest BCUT2D eigenvalue weighted by Crippen LogP contribution is -2.58. The van der Waals surface area contributed by atoms with E-state index in [1.54, 1.807) is 9.80 Å². The summed E-state index contributed by atoms with van der Waals surface area (Å²) >= 11 is 0. The number of imidazole rings is 1. The zero-order valence-electron chi connectivity index (χ0n) is 27.5. The molecule has 0 unspecified atom stereocenters. The molecule has 5 heterocycles. The molecule has 0 bridgehead atoms. The number of piperidine rings is 1. The van der Waals surface area contributed by atoms with Crippen LogP contribution in [0.2, 0.25) is 0 Å². The molecule has 2 amide bonds. The number of aromatic nitrogens is 3. The van der Waals surface area contributed by atoms with E-state index in [9.17, 15) is 14.9 Å². The Labute approximate surface area is 270 Å². The van der Waals surface area contributed by atoms with Crippen LogP contribution in [0.4, 0.5) is 15.4 Å². The number of fused-ring (bicyclic) bond motifs is 3. The summed E-state index contributed by atoms with van der Waals surface area (Å²) in [6.07, 6.45) is 3.36. The first-order valence-corrected chi connectivity index (χ1v) is 16.1. The van der Waals surface area contributed by atoms with E-state index >= 15 is 0 Å². The van der Waals surface area contributed by atoms with E-state index < -0.39 is 5.60 Å². The van der Waals surface area contributed by atoms with Crippen LogP contribution in [0.5, 0.6) is 0 Å². The number of hydrogen-bond donors (Lipinski definition) is 0. The number of likely N-dealkylation sites (N-methyl/N-ethyl adjacent to an activating group) is 1. The number of nitrogens with zero attached hydrogens (tertiary/aromatic N) is 8. The Kier molecular flexibility index (Phi) is 8.79. The standard InChI is InChI=1S/C34H44N8O4/c1-34(2,3)46-33(44)41-16-12-25(17-24(41)11-14-35)42-22-36-29-30(42)27-13-15-39(32(43)45-21-23-9-7-6-8-10-23)20-28(27)37-31(29)40-18-26(19-40)38(4)5/h6-10,22,24-26H,11-13,15-21H2,1-5H3/t24-,25+/m1/s1. The molecule has 12 heteroatoms. The van der Waals surface area contributed by atoms with Gasteiger partial charge in [0.1, 0.15) is 17.7 Å². The molecule has 46 heavy (non-hydrogen) atoms. The number of ether oxygens (including phenoxy) is 2. The second kappa shape index (κ2) is 12.8. The Balaban J connectivity index is 1.29. The first-order valence-electron chi connectivity index (χ1n) is 16.1. The minimum Gasteiger partial charge on any atom is -0.445 e. The van der Waals surface area contributed by atoms with Crippen molar-refractivity contribution in [3.8, 4) is 6.07 Å². The maximum absolute atomic E-state index is 13.2. The quantitative estimate of drug-likeness (QED) is 0.382. The molecule has 0 N–H and O–H groups in total. The third-order valence-electron chi connectivity index (χ3n) is 9.24. The number of pyridine rings is 1. The smallest absolute Gasteiger partial charge is 0.410 e. The number of carbonyl (C=O) groups is 2. The predicted octanol–water partition coefficient (Wildman–Crippen LogP) is 4.73. The molecular weight excluding hydrogens is 584 g/mol. The van der Waals surface area contributed by atoms with Crippen LogP contribution in [0.1, 0.15) is 62.9 Å². The minimum absolute atomic E-state index is 0.0427. The van der Waals surface area contributed by atoms with Crippen molar-refractivity contribution in [2.75, 3.05) is 45.2 Å². The van der Waals surface area contributed by atoms with E-state index in [-0.39, 0.29) is 37.3 Å². The van der Waals surface area contributed by atoms with Crippen LogP contribution in [0.25, 0.3) is 11.0 Å². The summed E-state index contributed by atoms with van der Waals surface area (Å²) in [6, 6.07) is 12.2. The zero-order valence-corrected chi connectivity index (χ0v) is 27.5. The molecule has 6 rings (SSSR count). The Morgan fingerprint density at radius 2 is 1.87 bits per heavy atom. The molecule has 244 valence electrons. The summed E-state index contributed by atoms with van der Waals surface area (Å²) in [5, 5.41) is 9.65. The number of benzene rings is 1. The summed E-state index contributed by atoms with van der Waals surface area (Å²) in [6.45, 7) is 8.84. The number of carbonyl (C=O) groups excluding carboxylic acids is 2. The molecule has 0 spiro atoms. The van der Waals surface area contributed by atoms with Crippen molar-refractivity contribution in [1.82, 2.24) is 29.2 Å². The van der Waals surface area contributed by atoms with E-state index in [4.69, 9.17) is 19.4 Å². The topological polar surface area (TPSA) is 120 Å². The molecule has 2 atom stereocenters. The molecule has 3 aliphatic heterocycles. The Morgan fingerprint density at radius 3 is 2.57 bits per heavy atom. The highest BCUT2D eigenvalue weighted by Gasteiger charge is 2.38. The maximum atomic E-state index is 13.2. The third-order valence-corrected chi connectivity index (χ3v) is 9.24. The van der Waals surface area contributed by atoms with Gasteiger partial charge in [-0.3, -0.25) is 0 Å². The van der Waals surface area contributed by atoms with Crippen molar-refractivity contribution >= 4 is 29.0 Å². The molecule has 2 aromatic heterocycles. The van der Waals surface area contributed by atoms with E-state index in [0.717, 1.165) is 46.8 Å². The normalized spacial score (nSPS) is 20.3. The number of likely N-dealkylation sites (tertiary alicyclic amines) is 1. The van der Waals surface area contributed by atoms with Gasteiger partial charge in [0.15, 0.2) is 5.82 Å². The first-order chi connectivity index (χ1) is 22.0. The number of rotatable bonds is 6. The number of amides is 2. The fourth-order valence-corrected chi connectivity index (χ4v) is 6.67. The van der Waals surface area contributed by atoms with Crippen LogP contribution in [0.3, 0.4) is 0 Å². The van der Waals surface area contributed by atoms with Gasteiger partial charge < -0.3 is 33.6 Å². The van der Waals surface area contributed by atoms with Crippen molar-refractivity contribution < 1.29 is 19.1 Å². The molecule has 0 saturated carbocycles. The Bertz CT molecular complexity index is 1620. The van der Waals surface area contributed by atoms with Gasteiger partial charge in [0.2, 0.25) is 0 Å². The first kappa shape index (κ1) is 31.6. The molecule has 3 aliphatic rings. The second-order valence-electron chi connectivity index (χ2n) is 13.8. The average molecular weight is 629 g/mol. The average Bonchev–Trinajstić information content (AvgIpc) is 3.44. The fraction of sp³-hybridized carbons (Fsp3) is 0.559. The molecule has 3 aromatic rings. The third kappa shape index (κ3) is 6.47. The summed E-state index contributed by atoms with van der Waals surface area (Å²) in [4.78, 5) is 44.2. The summed E-state index contributed by atoms with van der Waals surface area (Å²) in [5.74, 6) is 0.838. The van der Waals surface area contributed by atoms with E-state index in [1.807, 2.05) is 57.4 Å². The van der Waals surface area contributed by atoms with Crippen molar-refractivity contribution in [3.63, 3.8) is 0 Å². The van der Waals surface area contributed by atoms with Crippen LogP contribution >= 0.6 is 0 Å². The van der Waals surface area contributed by atoms with Gasteiger partial charge >= 0.3 is 12.2 Å². The summed E-state index contributed by atoms with van der Waals surface area (Å²) < 4.78 is 13.6. The molecule has 1 aromatic carbocycles. The maximum Gasteiger partial charge on any atom is 0.410 e. The van der Waals surface area contributed by atoms with Crippen LogP contribution in [-0.4, -0.2) is 99.4 Å². The van der Waals surface area contributed by atoms with Crippen LogP contribution < -0.4 is 4.90 Å². The van der Waals surface area contributed by atoms with Gasteiger partial charge in [0.05, 0.1) is 36.6 Å². The van der Waals surface area contributed by atoms with Gasteiger partial charge in [-0.15, -0.1) is 0 Å². The van der Waals surface area contributed by atoms with Gasteiger partial charge in [-0.2, -0.15) is 5.26 Å². The van der Waals surface area contributed by atoms with Crippen LogP contribution in [0, 0.1) is 11.3 Å². The number of hydrogen-bond acceptors (Lipinski definition) is 9. The lowest BCUT2D eigenvalue weighted by Gasteiger charge is -2.44. The minimum atomic E-state index is -0.613. The number of nitriles is 1. The molecular formula is C34H44N8O4. The second-order valence-corrected chi connectivity index (χ2v) is 13.8. The van der Waals surface area contributed by atoms with E-state index in [1.165, 1.54) is 0 Å². The van der Waals surface area contributed by atoms with Crippen LogP contribution in [-0.2, 0) is 29.0 Å². The Hall–Kier alpha value is -4.37. The SMILES string of the molecule is CN(C)C1CN(c2nc3c(c4c2ncn4[C@H]2CCN(C(=O)OC(C)(C)C)[C@H](CC#N)C2)CCN(C(=O)OCc2ccccc2)C3)C1. The lowest BCUT2D eigenvalue weighted by atomic mass is 9.94. The zero-order chi connectivity index (χ0) is 32.6. The highest BCUT2D eigenvalue weighted by Crippen LogP contribution is 2.38. The van der Waals surface area contributed by atoms with E-state index in [0.29, 0.717) is 44.9 Å².